The van der Waals surface area contributed by atoms with Gasteiger partial charge in [0.05, 0.1) is 5.41 Å². The molecule has 1 aliphatic rings. The Morgan fingerprint density at radius 3 is 2.82 bits per heavy atom. The summed E-state index contributed by atoms with van der Waals surface area (Å²) in [5.74, 6) is -0.898. The number of carboxylic acids is 1. The van der Waals surface area contributed by atoms with Crippen molar-refractivity contribution < 1.29 is 19.4 Å². The molecule has 1 N–H and O–H groups in total. The second-order valence-electron chi connectivity index (χ2n) is 4.41. The van der Waals surface area contributed by atoms with Gasteiger partial charge in [0.15, 0.2) is 0 Å². The number of rotatable bonds is 4. The lowest BCUT2D eigenvalue weighted by Gasteiger charge is -2.22. The molecule has 5 nitrogen and oxygen atoms in total. The monoisotopic (exact) mass is 239 g/mol. The first-order valence-electron chi connectivity index (χ1n) is 5.35. The lowest BCUT2D eigenvalue weighted by atomic mass is 9.85. The summed E-state index contributed by atoms with van der Waals surface area (Å²) in [6, 6.07) is 0. The molecule has 0 fully saturated rings. The van der Waals surface area contributed by atoms with E-state index in [1.807, 2.05) is 0 Å². The van der Waals surface area contributed by atoms with Crippen LogP contribution in [0.3, 0.4) is 0 Å². The SMILES string of the molecule is C=CCOC(=O)N1CC=C(C(C)(C)C(=O)O)C1. The van der Waals surface area contributed by atoms with Gasteiger partial charge >= 0.3 is 12.1 Å². The predicted molar refractivity (Wildman–Crippen MR) is 62.6 cm³/mol. The van der Waals surface area contributed by atoms with E-state index in [4.69, 9.17) is 9.84 Å². The Morgan fingerprint density at radius 1 is 1.65 bits per heavy atom. The van der Waals surface area contributed by atoms with Gasteiger partial charge in [-0.1, -0.05) is 18.7 Å². The summed E-state index contributed by atoms with van der Waals surface area (Å²) in [5.41, 5.74) is -0.228. The molecule has 0 saturated heterocycles. The van der Waals surface area contributed by atoms with Crippen LogP contribution >= 0.6 is 0 Å². The molecule has 1 aliphatic heterocycles. The fourth-order valence-electron chi connectivity index (χ4n) is 1.51. The molecule has 0 aromatic rings. The maximum atomic E-state index is 11.5. The van der Waals surface area contributed by atoms with Crippen molar-refractivity contribution in [1.82, 2.24) is 4.90 Å². The molecule has 0 aromatic heterocycles. The van der Waals surface area contributed by atoms with E-state index in [0.29, 0.717) is 13.1 Å². The third-order valence-corrected chi connectivity index (χ3v) is 2.84. The number of aliphatic carboxylic acids is 1. The van der Waals surface area contributed by atoms with E-state index in [2.05, 4.69) is 6.58 Å². The minimum Gasteiger partial charge on any atom is -0.481 e. The highest BCUT2D eigenvalue weighted by molar-refractivity contribution is 5.79. The molecule has 0 atom stereocenters. The van der Waals surface area contributed by atoms with Crippen LogP contribution in [-0.2, 0) is 9.53 Å². The predicted octanol–water partition coefficient (Wildman–Crippen LogP) is 1.66. The molecule has 0 radical (unpaired) electrons. The van der Waals surface area contributed by atoms with E-state index in [0.717, 1.165) is 5.57 Å². The fraction of sp³-hybridized carbons (Fsp3) is 0.500. The summed E-state index contributed by atoms with van der Waals surface area (Å²) in [4.78, 5) is 24.1. The number of hydrogen-bond donors (Lipinski definition) is 1. The molecule has 5 heteroatoms. The van der Waals surface area contributed by atoms with E-state index in [9.17, 15) is 9.59 Å². The van der Waals surface area contributed by atoms with Crippen LogP contribution in [-0.4, -0.2) is 41.8 Å². The van der Waals surface area contributed by atoms with Gasteiger partial charge in [-0.3, -0.25) is 4.79 Å². The summed E-state index contributed by atoms with van der Waals surface area (Å²) >= 11 is 0. The molecular weight excluding hydrogens is 222 g/mol. The van der Waals surface area contributed by atoms with Gasteiger partial charge in [0.25, 0.3) is 0 Å². The summed E-state index contributed by atoms with van der Waals surface area (Å²) in [6.45, 7) is 7.55. The van der Waals surface area contributed by atoms with Gasteiger partial charge in [0.2, 0.25) is 0 Å². The molecule has 0 spiro atoms. The average Bonchev–Trinajstić information content (AvgIpc) is 2.75. The minimum absolute atomic E-state index is 0.160. The Bertz CT molecular complexity index is 371. The lowest BCUT2D eigenvalue weighted by molar-refractivity contribution is -0.144. The number of nitrogens with zero attached hydrogens (tertiary/aromatic N) is 1. The van der Waals surface area contributed by atoms with Crippen molar-refractivity contribution in [3.63, 3.8) is 0 Å². The number of amides is 1. The lowest BCUT2D eigenvalue weighted by Crippen LogP contribution is -2.33. The third kappa shape index (κ3) is 2.87. The van der Waals surface area contributed by atoms with Crippen LogP contribution < -0.4 is 0 Å². The number of ether oxygens (including phenoxy) is 1. The zero-order chi connectivity index (χ0) is 13.1. The molecule has 0 unspecified atom stereocenters. The van der Waals surface area contributed by atoms with Gasteiger partial charge < -0.3 is 14.7 Å². The van der Waals surface area contributed by atoms with Gasteiger partial charge in [-0.15, -0.1) is 0 Å². The number of carbonyl (C=O) groups is 2. The molecule has 1 rings (SSSR count). The second-order valence-corrected chi connectivity index (χ2v) is 4.41. The normalized spacial score (nSPS) is 15.4. The molecule has 0 saturated carbocycles. The smallest absolute Gasteiger partial charge is 0.410 e. The fourth-order valence-corrected chi connectivity index (χ4v) is 1.51. The topological polar surface area (TPSA) is 66.8 Å². The minimum atomic E-state index is -0.951. The molecule has 94 valence electrons. The van der Waals surface area contributed by atoms with Crippen molar-refractivity contribution in [2.24, 2.45) is 5.41 Å². The first-order chi connectivity index (χ1) is 7.89. The van der Waals surface area contributed by atoms with Crippen LogP contribution in [0.15, 0.2) is 24.3 Å². The molecular formula is C12H17NO4. The molecule has 0 bridgehead atoms. The van der Waals surface area contributed by atoms with Crippen LogP contribution in [0.25, 0.3) is 0 Å². The van der Waals surface area contributed by atoms with Crippen molar-refractivity contribution >= 4 is 12.1 Å². The van der Waals surface area contributed by atoms with Crippen LogP contribution in [0.1, 0.15) is 13.8 Å². The van der Waals surface area contributed by atoms with Crippen molar-refractivity contribution in [1.29, 1.82) is 0 Å². The van der Waals surface area contributed by atoms with Gasteiger partial charge in [-0.25, -0.2) is 4.79 Å². The van der Waals surface area contributed by atoms with E-state index in [1.54, 1.807) is 19.9 Å². The number of carbonyl (C=O) groups excluding carboxylic acids is 1. The third-order valence-electron chi connectivity index (χ3n) is 2.84. The van der Waals surface area contributed by atoms with Gasteiger partial charge in [-0.2, -0.15) is 0 Å². The number of hydrogen-bond acceptors (Lipinski definition) is 3. The zero-order valence-electron chi connectivity index (χ0n) is 10.1. The molecule has 1 amide bonds. The van der Waals surface area contributed by atoms with Gasteiger partial charge in [-0.05, 0) is 19.4 Å². The standard InChI is InChI=1S/C12H17NO4/c1-4-7-17-11(16)13-6-5-9(8-13)12(2,3)10(14)15/h4-5H,1,6-8H2,2-3H3,(H,14,15). The van der Waals surface area contributed by atoms with E-state index in [-0.39, 0.29) is 6.61 Å². The Hall–Kier alpha value is -1.78. The quantitative estimate of drug-likeness (QED) is 0.758. The summed E-state index contributed by atoms with van der Waals surface area (Å²) in [7, 11) is 0. The second kappa shape index (κ2) is 5.03. The van der Waals surface area contributed by atoms with E-state index in [1.165, 1.54) is 11.0 Å². The Morgan fingerprint density at radius 2 is 2.29 bits per heavy atom. The highest BCUT2D eigenvalue weighted by Crippen LogP contribution is 2.30. The van der Waals surface area contributed by atoms with Crippen molar-refractivity contribution in [2.45, 2.75) is 13.8 Å². The van der Waals surface area contributed by atoms with Crippen molar-refractivity contribution in [3.05, 3.63) is 24.3 Å². The summed E-state index contributed by atoms with van der Waals surface area (Å²) in [5, 5.41) is 9.08. The molecule has 0 aliphatic carbocycles. The highest BCUT2D eigenvalue weighted by Gasteiger charge is 2.36. The first kappa shape index (κ1) is 13.3. The molecule has 1 heterocycles. The maximum Gasteiger partial charge on any atom is 0.410 e. The van der Waals surface area contributed by atoms with Crippen LogP contribution in [0, 0.1) is 5.41 Å². The molecule has 17 heavy (non-hydrogen) atoms. The van der Waals surface area contributed by atoms with E-state index >= 15 is 0 Å². The summed E-state index contributed by atoms with van der Waals surface area (Å²) in [6.07, 6.45) is 2.81. The zero-order valence-corrected chi connectivity index (χ0v) is 10.1. The number of carboxylic acid groups (broad SMARTS) is 1. The van der Waals surface area contributed by atoms with Crippen LogP contribution in [0.2, 0.25) is 0 Å². The van der Waals surface area contributed by atoms with Crippen LogP contribution in [0.5, 0.6) is 0 Å². The Labute approximate surface area is 100 Å². The Balaban J connectivity index is 2.60. The van der Waals surface area contributed by atoms with Gasteiger partial charge in [0.1, 0.15) is 6.61 Å². The van der Waals surface area contributed by atoms with Crippen LogP contribution in [0.4, 0.5) is 4.79 Å². The maximum absolute atomic E-state index is 11.5. The summed E-state index contributed by atoms with van der Waals surface area (Å²) < 4.78 is 4.88. The van der Waals surface area contributed by atoms with E-state index < -0.39 is 17.5 Å². The first-order valence-corrected chi connectivity index (χ1v) is 5.35. The highest BCUT2D eigenvalue weighted by atomic mass is 16.6. The average molecular weight is 239 g/mol. The Kier molecular flexibility index (Phi) is 3.93. The largest absolute Gasteiger partial charge is 0.481 e. The van der Waals surface area contributed by atoms with Crippen molar-refractivity contribution in [2.75, 3.05) is 19.7 Å². The van der Waals surface area contributed by atoms with Gasteiger partial charge in [0, 0.05) is 13.1 Å². The molecule has 0 aromatic carbocycles. The van der Waals surface area contributed by atoms with Crippen molar-refractivity contribution in [3.8, 4) is 0 Å².